The highest BCUT2D eigenvalue weighted by molar-refractivity contribution is 6.32. The van der Waals surface area contributed by atoms with Crippen LogP contribution in [-0.4, -0.2) is 11.7 Å². The van der Waals surface area contributed by atoms with Gasteiger partial charge in [-0.1, -0.05) is 23.2 Å². The molecule has 0 amide bonds. The first kappa shape index (κ1) is 15.9. The second-order valence-electron chi connectivity index (χ2n) is 4.82. The van der Waals surface area contributed by atoms with Crippen LogP contribution in [0.25, 0.3) is 0 Å². The zero-order valence-corrected chi connectivity index (χ0v) is 13.3. The Balaban J connectivity index is 1.81. The summed E-state index contributed by atoms with van der Waals surface area (Å²) in [7, 11) is 0. The number of hydrogen-bond donors (Lipinski definition) is 0. The van der Waals surface area contributed by atoms with Gasteiger partial charge in [0.15, 0.2) is 6.79 Å². The Kier molecular flexibility index (Phi) is 4.56. The molecule has 0 fully saturated rings. The average molecular weight is 356 g/mol. The van der Waals surface area contributed by atoms with Crippen molar-refractivity contribution in [2.24, 2.45) is 0 Å². The lowest BCUT2D eigenvalue weighted by Crippen LogP contribution is -2.14. The third-order valence-corrected chi connectivity index (χ3v) is 3.77. The van der Waals surface area contributed by atoms with E-state index < -0.39 is 4.92 Å². The molecular formula is C15H11Cl2NO5. The van der Waals surface area contributed by atoms with Crippen LogP contribution in [0.1, 0.15) is 11.1 Å². The van der Waals surface area contributed by atoms with E-state index in [1.807, 2.05) is 0 Å². The van der Waals surface area contributed by atoms with E-state index in [1.54, 1.807) is 12.1 Å². The van der Waals surface area contributed by atoms with Crippen molar-refractivity contribution in [3.05, 3.63) is 61.6 Å². The first-order valence-corrected chi connectivity index (χ1v) is 7.39. The molecular weight excluding hydrogens is 345 g/mol. The van der Waals surface area contributed by atoms with Gasteiger partial charge in [-0.25, -0.2) is 0 Å². The number of ether oxygens (including phenoxy) is 3. The summed E-state index contributed by atoms with van der Waals surface area (Å²) < 4.78 is 16.4. The van der Waals surface area contributed by atoms with Crippen molar-refractivity contribution < 1.29 is 19.1 Å². The van der Waals surface area contributed by atoms with Crippen molar-refractivity contribution in [3.63, 3.8) is 0 Å². The van der Waals surface area contributed by atoms with Gasteiger partial charge in [-0.05, 0) is 18.2 Å². The lowest BCUT2D eigenvalue weighted by atomic mass is 10.1. The predicted molar refractivity (Wildman–Crippen MR) is 84.2 cm³/mol. The van der Waals surface area contributed by atoms with Gasteiger partial charge in [-0.15, -0.1) is 0 Å². The molecule has 0 saturated carbocycles. The fourth-order valence-electron chi connectivity index (χ4n) is 2.24. The normalized spacial score (nSPS) is 13.1. The third-order valence-electron chi connectivity index (χ3n) is 3.26. The highest BCUT2D eigenvalue weighted by atomic mass is 35.5. The van der Waals surface area contributed by atoms with Gasteiger partial charge in [0, 0.05) is 28.3 Å². The van der Waals surface area contributed by atoms with Crippen molar-refractivity contribution in [1.29, 1.82) is 0 Å². The molecule has 0 N–H and O–H groups in total. The van der Waals surface area contributed by atoms with Gasteiger partial charge >= 0.3 is 0 Å². The number of rotatable bonds is 4. The number of halogens is 2. The predicted octanol–water partition coefficient (Wildman–Crippen LogP) is 4.35. The van der Waals surface area contributed by atoms with Gasteiger partial charge in [0.05, 0.1) is 16.6 Å². The smallest absolute Gasteiger partial charge is 0.271 e. The van der Waals surface area contributed by atoms with E-state index in [2.05, 4.69) is 0 Å². The second-order valence-corrected chi connectivity index (χ2v) is 5.67. The van der Waals surface area contributed by atoms with Gasteiger partial charge in [0.25, 0.3) is 5.69 Å². The third kappa shape index (κ3) is 3.50. The van der Waals surface area contributed by atoms with Crippen molar-refractivity contribution in [1.82, 2.24) is 0 Å². The van der Waals surface area contributed by atoms with Crippen molar-refractivity contribution >= 4 is 28.9 Å². The Bertz CT molecular complexity index is 766. The molecule has 0 spiro atoms. The number of nitro benzene ring substituents is 1. The van der Waals surface area contributed by atoms with Gasteiger partial charge < -0.3 is 14.2 Å². The van der Waals surface area contributed by atoms with Crippen molar-refractivity contribution in [2.75, 3.05) is 6.79 Å². The molecule has 0 atom stereocenters. The average Bonchev–Trinajstić information content (AvgIpc) is 2.53. The first-order chi connectivity index (χ1) is 11.0. The van der Waals surface area contributed by atoms with Crippen LogP contribution in [-0.2, 0) is 18.0 Å². The number of non-ortho nitro benzene ring substituents is 1. The Labute approximate surface area is 141 Å². The molecule has 0 aromatic heterocycles. The monoisotopic (exact) mass is 355 g/mol. The molecule has 1 aliphatic rings. The molecule has 0 radical (unpaired) electrons. The van der Waals surface area contributed by atoms with Gasteiger partial charge in [-0.3, -0.25) is 10.1 Å². The van der Waals surface area contributed by atoms with E-state index in [9.17, 15) is 10.1 Å². The van der Waals surface area contributed by atoms with Crippen LogP contribution >= 0.6 is 23.2 Å². The quantitative estimate of drug-likeness (QED) is 0.602. The Morgan fingerprint density at radius 1 is 1.26 bits per heavy atom. The fourth-order valence-corrected chi connectivity index (χ4v) is 2.73. The van der Waals surface area contributed by atoms with E-state index in [1.165, 1.54) is 18.2 Å². The van der Waals surface area contributed by atoms with Gasteiger partial charge in [0.2, 0.25) is 0 Å². The zero-order chi connectivity index (χ0) is 16.4. The SMILES string of the molecule is O=[N+]([O-])c1ccc(OCc2cc(Cl)cc3c2OCOC3)c(Cl)c1. The molecule has 23 heavy (non-hydrogen) atoms. The maximum Gasteiger partial charge on any atom is 0.271 e. The fraction of sp³-hybridized carbons (Fsp3) is 0.200. The topological polar surface area (TPSA) is 70.8 Å². The maximum atomic E-state index is 10.7. The summed E-state index contributed by atoms with van der Waals surface area (Å²) in [5, 5.41) is 11.4. The highest BCUT2D eigenvalue weighted by Gasteiger charge is 2.17. The molecule has 2 aromatic rings. The largest absolute Gasteiger partial charge is 0.487 e. The number of benzene rings is 2. The molecule has 3 rings (SSSR count). The van der Waals surface area contributed by atoms with Crippen molar-refractivity contribution in [3.8, 4) is 11.5 Å². The Morgan fingerprint density at radius 3 is 2.83 bits per heavy atom. The van der Waals surface area contributed by atoms with E-state index in [0.29, 0.717) is 23.1 Å². The Hall–Kier alpha value is -2.02. The van der Waals surface area contributed by atoms with E-state index in [-0.39, 0.29) is 24.1 Å². The molecule has 2 aromatic carbocycles. The van der Waals surface area contributed by atoms with Gasteiger partial charge in [0.1, 0.15) is 18.1 Å². The molecule has 120 valence electrons. The van der Waals surface area contributed by atoms with Crippen LogP contribution in [0.5, 0.6) is 11.5 Å². The van der Waals surface area contributed by atoms with Crippen molar-refractivity contribution in [2.45, 2.75) is 13.2 Å². The zero-order valence-electron chi connectivity index (χ0n) is 11.8. The lowest BCUT2D eigenvalue weighted by Gasteiger charge is -2.21. The standard InChI is InChI=1S/C15H11Cl2NO5/c16-11-3-9-6-21-8-23-15(9)10(4-11)7-22-14-2-1-12(18(19)20)5-13(14)17/h1-5H,6-8H2. The summed E-state index contributed by atoms with van der Waals surface area (Å²) in [6.07, 6.45) is 0. The van der Waals surface area contributed by atoms with Gasteiger partial charge in [-0.2, -0.15) is 0 Å². The van der Waals surface area contributed by atoms with Crippen LogP contribution in [0.15, 0.2) is 30.3 Å². The number of nitrogens with zero attached hydrogens (tertiary/aromatic N) is 1. The minimum Gasteiger partial charge on any atom is -0.487 e. The van der Waals surface area contributed by atoms with Crippen LogP contribution in [0.3, 0.4) is 0 Å². The van der Waals surface area contributed by atoms with Crippen LogP contribution in [0.4, 0.5) is 5.69 Å². The first-order valence-electron chi connectivity index (χ1n) is 6.63. The minimum atomic E-state index is -0.517. The molecule has 0 unspecified atom stereocenters. The Morgan fingerprint density at radius 2 is 2.09 bits per heavy atom. The summed E-state index contributed by atoms with van der Waals surface area (Å²) in [5.41, 5.74) is 1.50. The molecule has 6 nitrogen and oxygen atoms in total. The molecule has 0 saturated heterocycles. The lowest BCUT2D eigenvalue weighted by molar-refractivity contribution is -0.384. The minimum absolute atomic E-state index is 0.0945. The molecule has 0 bridgehead atoms. The summed E-state index contributed by atoms with van der Waals surface area (Å²) in [6, 6.07) is 7.55. The molecule has 0 aliphatic carbocycles. The maximum absolute atomic E-state index is 10.7. The summed E-state index contributed by atoms with van der Waals surface area (Å²) in [4.78, 5) is 10.2. The molecule has 1 heterocycles. The van der Waals surface area contributed by atoms with Crippen LogP contribution in [0.2, 0.25) is 10.0 Å². The van der Waals surface area contributed by atoms with Crippen LogP contribution < -0.4 is 9.47 Å². The number of hydrogen-bond acceptors (Lipinski definition) is 5. The van der Waals surface area contributed by atoms with E-state index >= 15 is 0 Å². The highest BCUT2D eigenvalue weighted by Crippen LogP contribution is 2.34. The summed E-state index contributed by atoms with van der Waals surface area (Å²) >= 11 is 12.1. The second kappa shape index (κ2) is 6.62. The number of fused-ring (bicyclic) bond motifs is 1. The summed E-state index contributed by atoms with van der Waals surface area (Å²) in [5.74, 6) is 1.02. The summed E-state index contributed by atoms with van der Waals surface area (Å²) in [6.45, 7) is 0.752. The van der Waals surface area contributed by atoms with Crippen LogP contribution in [0, 0.1) is 10.1 Å². The molecule has 8 heteroatoms. The molecule has 1 aliphatic heterocycles. The number of nitro groups is 1. The van der Waals surface area contributed by atoms with E-state index in [0.717, 1.165) is 11.1 Å². The van der Waals surface area contributed by atoms with E-state index in [4.69, 9.17) is 37.4 Å².